The number of ether oxygens (including phenoxy) is 3. The highest BCUT2D eigenvalue weighted by atomic mass is 32.2. The van der Waals surface area contributed by atoms with Crippen LogP contribution in [0.25, 0.3) is 17.1 Å². The van der Waals surface area contributed by atoms with Crippen LogP contribution in [0.3, 0.4) is 0 Å². The Morgan fingerprint density at radius 2 is 1.65 bits per heavy atom. The third-order valence-electron chi connectivity index (χ3n) is 5.44. The molecule has 1 heterocycles. The van der Waals surface area contributed by atoms with Crippen LogP contribution in [-0.4, -0.2) is 54.0 Å². The summed E-state index contributed by atoms with van der Waals surface area (Å²) < 4.78 is 17.8. The molecule has 0 fully saturated rings. The van der Waals surface area contributed by atoms with Crippen molar-refractivity contribution in [1.82, 2.24) is 20.2 Å². The minimum Gasteiger partial charge on any atom is -0.497 e. The fourth-order valence-corrected chi connectivity index (χ4v) is 4.24. The van der Waals surface area contributed by atoms with Gasteiger partial charge in [-0.15, -0.1) is 10.2 Å². The molecule has 37 heavy (non-hydrogen) atoms. The fourth-order valence-electron chi connectivity index (χ4n) is 3.49. The number of methoxy groups -OCH3 is 3. The predicted octanol–water partition coefficient (Wildman–Crippen LogP) is 4.51. The molecule has 1 aromatic heterocycles. The van der Waals surface area contributed by atoms with E-state index in [1.54, 1.807) is 39.5 Å². The lowest BCUT2D eigenvalue weighted by molar-refractivity contribution is -0.118. The highest BCUT2D eigenvalue weighted by Crippen LogP contribution is 2.29. The van der Waals surface area contributed by atoms with E-state index in [2.05, 4.69) is 20.7 Å². The van der Waals surface area contributed by atoms with E-state index in [4.69, 9.17) is 14.2 Å². The van der Waals surface area contributed by atoms with Gasteiger partial charge in [-0.1, -0.05) is 41.6 Å². The molecule has 0 bridgehead atoms. The Balaban J connectivity index is 1.51. The summed E-state index contributed by atoms with van der Waals surface area (Å²) in [7, 11) is 4.77. The number of thioether (sulfide) groups is 1. The van der Waals surface area contributed by atoms with E-state index >= 15 is 0 Å². The van der Waals surface area contributed by atoms with E-state index in [0.717, 1.165) is 22.6 Å². The van der Waals surface area contributed by atoms with Gasteiger partial charge in [0.15, 0.2) is 11.0 Å². The monoisotopic (exact) mass is 517 g/mol. The maximum atomic E-state index is 12.6. The summed E-state index contributed by atoms with van der Waals surface area (Å²) in [6, 6.07) is 21.0. The van der Waals surface area contributed by atoms with E-state index in [9.17, 15) is 4.79 Å². The normalized spacial score (nSPS) is 10.9. The minimum atomic E-state index is -0.288. The Labute approximate surface area is 219 Å². The summed E-state index contributed by atoms with van der Waals surface area (Å²) in [5.41, 5.74) is 6.15. The van der Waals surface area contributed by atoms with Gasteiger partial charge in [0, 0.05) is 16.8 Å². The second-order valence-corrected chi connectivity index (χ2v) is 8.84. The van der Waals surface area contributed by atoms with Gasteiger partial charge in [0.1, 0.15) is 17.2 Å². The molecule has 0 aliphatic carbocycles. The van der Waals surface area contributed by atoms with Crippen LogP contribution in [-0.2, 0) is 4.79 Å². The third kappa shape index (κ3) is 6.28. The summed E-state index contributed by atoms with van der Waals surface area (Å²) in [5, 5.41) is 13.4. The summed E-state index contributed by atoms with van der Waals surface area (Å²) >= 11 is 1.27. The van der Waals surface area contributed by atoms with Crippen LogP contribution in [0.15, 0.2) is 77.0 Å². The first kappa shape index (κ1) is 25.8. The topological polar surface area (TPSA) is 99.9 Å². The van der Waals surface area contributed by atoms with Gasteiger partial charge in [-0.2, -0.15) is 5.10 Å². The van der Waals surface area contributed by atoms with Gasteiger partial charge in [-0.05, 0) is 49.4 Å². The third-order valence-corrected chi connectivity index (χ3v) is 6.36. The first-order valence-electron chi connectivity index (χ1n) is 11.4. The van der Waals surface area contributed by atoms with Crippen LogP contribution >= 0.6 is 11.8 Å². The van der Waals surface area contributed by atoms with E-state index in [1.807, 2.05) is 60.0 Å². The van der Waals surface area contributed by atoms with Crippen molar-refractivity contribution in [2.24, 2.45) is 5.10 Å². The average molecular weight is 518 g/mol. The maximum Gasteiger partial charge on any atom is 0.250 e. The number of rotatable bonds is 10. The molecule has 4 rings (SSSR count). The number of benzene rings is 3. The highest BCUT2D eigenvalue weighted by Gasteiger charge is 2.17. The van der Waals surface area contributed by atoms with E-state index in [1.165, 1.54) is 18.0 Å². The Bertz CT molecular complexity index is 1390. The first-order chi connectivity index (χ1) is 18.0. The molecule has 0 radical (unpaired) electrons. The number of nitrogens with one attached hydrogen (secondary N) is 1. The molecule has 0 spiro atoms. The fraction of sp³-hybridized carbons (Fsp3) is 0.185. The van der Waals surface area contributed by atoms with Crippen molar-refractivity contribution < 1.29 is 19.0 Å². The predicted molar refractivity (Wildman–Crippen MR) is 144 cm³/mol. The highest BCUT2D eigenvalue weighted by molar-refractivity contribution is 7.99. The van der Waals surface area contributed by atoms with Crippen LogP contribution < -0.4 is 19.6 Å². The smallest absolute Gasteiger partial charge is 0.250 e. The summed E-state index contributed by atoms with van der Waals surface area (Å²) in [6.07, 6.45) is 1.51. The Hall–Kier alpha value is -4.31. The van der Waals surface area contributed by atoms with Gasteiger partial charge in [-0.3, -0.25) is 9.36 Å². The van der Waals surface area contributed by atoms with Crippen LogP contribution in [0.5, 0.6) is 17.2 Å². The lowest BCUT2D eigenvalue weighted by atomic mass is 10.1. The molecule has 0 aliphatic heterocycles. The van der Waals surface area contributed by atoms with Gasteiger partial charge in [0.05, 0.1) is 33.3 Å². The zero-order valence-corrected chi connectivity index (χ0v) is 21.8. The van der Waals surface area contributed by atoms with Gasteiger partial charge < -0.3 is 14.2 Å². The lowest BCUT2D eigenvalue weighted by Crippen LogP contribution is -2.20. The van der Waals surface area contributed by atoms with Crippen LogP contribution in [0, 0.1) is 6.92 Å². The Kier molecular flexibility index (Phi) is 8.42. The molecular formula is C27H27N5O4S. The van der Waals surface area contributed by atoms with Crippen molar-refractivity contribution in [2.75, 3.05) is 27.1 Å². The number of hydrogen-bond donors (Lipinski definition) is 1. The second-order valence-electron chi connectivity index (χ2n) is 7.90. The largest absolute Gasteiger partial charge is 0.497 e. The number of aryl methyl sites for hydroxylation is 1. The first-order valence-corrected chi connectivity index (χ1v) is 12.3. The number of carbonyl (C=O) groups excluding carboxylic acids is 1. The van der Waals surface area contributed by atoms with Crippen molar-refractivity contribution >= 4 is 23.9 Å². The molecule has 1 N–H and O–H groups in total. The van der Waals surface area contributed by atoms with Gasteiger partial charge in [0.2, 0.25) is 0 Å². The quantitative estimate of drug-likeness (QED) is 0.188. The molecule has 0 atom stereocenters. The van der Waals surface area contributed by atoms with E-state index in [-0.39, 0.29) is 11.7 Å². The zero-order chi connectivity index (χ0) is 26.2. The molecule has 3 aromatic carbocycles. The lowest BCUT2D eigenvalue weighted by Gasteiger charge is -2.11. The molecule has 0 aliphatic rings. The van der Waals surface area contributed by atoms with E-state index < -0.39 is 0 Å². The Morgan fingerprint density at radius 1 is 0.946 bits per heavy atom. The molecule has 10 heteroatoms. The molecule has 4 aromatic rings. The molecule has 0 saturated carbocycles. The molecule has 0 saturated heterocycles. The van der Waals surface area contributed by atoms with Crippen molar-refractivity contribution in [3.05, 3.63) is 77.9 Å². The number of hydrogen-bond acceptors (Lipinski definition) is 8. The average Bonchev–Trinajstić information content (AvgIpc) is 3.36. The van der Waals surface area contributed by atoms with Crippen molar-refractivity contribution in [2.45, 2.75) is 12.1 Å². The van der Waals surface area contributed by atoms with Crippen LogP contribution in [0.2, 0.25) is 0 Å². The van der Waals surface area contributed by atoms with Crippen molar-refractivity contribution in [3.63, 3.8) is 0 Å². The molecule has 9 nitrogen and oxygen atoms in total. The van der Waals surface area contributed by atoms with Gasteiger partial charge in [0.25, 0.3) is 5.91 Å². The number of hydrazone groups is 1. The standard InChI is InChI=1S/C27H27N5O4S/c1-18-5-7-19(8-6-18)26-30-31-27(32(26)21-9-11-22(34-2)12-10-21)37-17-25(33)29-28-16-20-15-23(35-3)13-14-24(20)36-4/h5-16H,17H2,1-4H3,(H,29,33)/b28-16+. The molecule has 0 unspecified atom stereocenters. The Morgan fingerprint density at radius 3 is 2.32 bits per heavy atom. The minimum absolute atomic E-state index is 0.0920. The molecule has 1 amide bonds. The van der Waals surface area contributed by atoms with Crippen LogP contribution in [0.4, 0.5) is 0 Å². The van der Waals surface area contributed by atoms with Crippen LogP contribution in [0.1, 0.15) is 11.1 Å². The number of aromatic nitrogens is 3. The molecular weight excluding hydrogens is 490 g/mol. The summed E-state index contributed by atoms with van der Waals surface area (Å²) in [5.74, 6) is 2.50. The number of carbonyl (C=O) groups is 1. The number of nitrogens with zero attached hydrogens (tertiary/aromatic N) is 4. The molecule has 190 valence electrons. The van der Waals surface area contributed by atoms with E-state index in [0.29, 0.717) is 28.0 Å². The van der Waals surface area contributed by atoms with Crippen molar-refractivity contribution in [3.8, 4) is 34.3 Å². The SMILES string of the molecule is COc1ccc(-n2c(SCC(=O)N/N=C/c3cc(OC)ccc3OC)nnc2-c2ccc(C)cc2)cc1. The zero-order valence-electron chi connectivity index (χ0n) is 21.0. The summed E-state index contributed by atoms with van der Waals surface area (Å²) in [6.45, 7) is 2.03. The van der Waals surface area contributed by atoms with Gasteiger partial charge in [-0.25, -0.2) is 5.43 Å². The van der Waals surface area contributed by atoms with Crippen molar-refractivity contribution in [1.29, 1.82) is 0 Å². The number of amides is 1. The van der Waals surface area contributed by atoms with Gasteiger partial charge >= 0.3 is 0 Å². The maximum absolute atomic E-state index is 12.6. The summed E-state index contributed by atoms with van der Waals surface area (Å²) in [4.78, 5) is 12.6. The second kappa shape index (κ2) is 12.1.